The molecule has 1 nitrogen and oxygen atoms in total. The van der Waals surface area contributed by atoms with Gasteiger partial charge in [-0.3, -0.25) is 0 Å². The quantitative estimate of drug-likeness (QED) is 0.845. The minimum atomic E-state index is 0.516. The Morgan fingerprint density at radius 1 is 0.875 bits per heavy atom. The van der Waals surface area contributed by atoms with Crippen LogP contribution in [-0.4, -0.2) is 6.54 Å². The fourth-order valence-corrected chi connectivity index (χ4v) is 3.36. The summed E-state index contributed by atoms with van der Waals surface area (Å²) < 4.78 is 2.84. The van der Waals surface area contributed by atoms with Crippen LogP contribution in [0.15, 0.2) is 54.6 Å². The fourth-order valence-electron chi connectivity index (χ4n) is 1.47. The van der Waals surface area contributed by atoms with Crippen molar-refractivity contribution >= 4 is 8.07 Å². The van der Waals surface area contributed by atoms with Gasteiger partial charge in [-0.2, -0.15) is 0 Å². The van der Waals surface area contributed by atoms with E-state index in [0.29, 0.717) is 18.0 Å². The summed E-state index contributed by atoms with van der Waals surface area (Å²) in [5.74, 6) is 0. The van der Waals surface area contributed by atoms with Crippen molar-refractivity contribution in [2.75, 3.05) is 6.54 Å². The molecule has 86 valence electrons. The van der Waals surface area contributed by atoms with Gasteiger partial charge >= 0.3 is 105 Å². The molecule has 0 aliphatic rings. The van der Waals surface area contributed by atoms with Gasteiger partial charge in [-0.25, -0.2) is 0 Å². The molecule has 0 heterocycles. The molecule has 0 radical (unpaired) electrons. The third-order valence-corrected chi connectivity index (χ3v) is 4.37. The topological polar surface area (TPSA) is 26.0 Å². The van der Waals surface area contributed by atoms with E-state index >= 15 is 0 Å². The molecule has 0 amide bonds. The molecular weight excluding hydrogens is 289 g/mol. The minimum absolute atomic E-state index is 0.516. The third-order valence-electron chi connectivity index (χ3n) is 2.23. The van der Waals surface area contributed by atoms with Crippen LogP contribution in [0.4, 0.5) is 0 Å². The Morgan fingerprint density at radius 2 is 1.56 bits per heavy atom. The van der Waals surface area contributed by atoms with Crippen molar-refractivity contribution in [2.24, 2.45) is 5.73 Å². The Hall–Kier alpha value is -0.938. The predicted molar refractivity (Wildman–Crippen MR) is 64.9 cm³/mol. The summed E-state index contributed by atoms with van der Waals surface area (Å²) in [6.07, 6.45) is 0.974. The Morgan fingerprint density at radius 3 is 2.31 bits per heavy atom. The summed E-state index contributed by atoms with van der Waals surface area (Å²) in [5.41, 5.74) is 7.02. The van der Waals surface area contributed by atoms with Gasteiger partial charge < -0.3 is 0 Å². The molecule has 2 aromatic rings. The van der Waals surface area contributed by atoms with Crippen LogP contribution in [0.3, 0.4) is 0 Å². The molecule has 0 fully saturated rings. The second-order valence-electron chi connectivity index (χ2n) is 3.44. The summed E-state index contributed by atoms with van der Waals surface area (Å²) in [6, 6.07) is 19.2. The van der Waals surface area contributed by atoms with Gasteiger partial charge in [-0.15, -0.1) is 0 Å². The van der Waals surface area contributed by atoms with Gasteiger partial charge in [0.1, 0.15) is 0 Å². The van der Waals surface area contributed by atoms with E-state index in [1.807, 2.05) is 0 Å². The SMILES string of the molecule is NCCc1cccc[c]1[Pd][c]1ccccc1. The second kappa shape index (κ2) is 5.96. The molecule has 0 saturated heterocycles. The van der Waals surface area contributed by atoms with E-state index in [9.17, 15) is 0 Å². The van der Waals surface area contributed by atoms with Gasteiger partial charge in [-0.1, -0.05) is 0 Å². The first-order valence-electron chi connectivity index (χ1n) is 5.32. The van der Waals surface area contributed by atoms with E-state index in [2.05, 4.69) is 54.6 Å². The summed E-state index contributed by atoms with van der Waals surface area (Å²) in [7, 11) is 0. The standard InChI is InChI=1S/C8H10N.C6H5.Pd/c9-7-6-8-4-2-1-3-5-8;1-2-4-6-5-3-1;/h1-4H,6-7,9H2;1-5H;. The molecule has 0 bridgehead atoms. The van der Waals surface area contributed by atoms with Gasteiger partial charge in [0.15, 0.2) is 0 Å². The van der Waals surface area contributed by atoms with Crippen LogP contribution in [0.1, 0.15) is 5.56 Å². The van der Waals surface area contributed by atoms with Crippen LogP contribution >= 0.6 is 0 Å². The molecule has 0 aliphatic heterocycles. The molecule has 2 heteroatoms. The van der Waals surface area contributed by atoms with Gasteiger partial charge in [0, 0.05) is 0 Å². The normalized spacial score (nSPS) is 10.6. The average molecular weight is 304 g/mol. The number of hydrogen-bond acceptors (Lipinski definition) is 1. The van der Waals surface area contributed by atoms with Crippen molar-refractivity contribution in [1.29, 1.82) is 0 Å². The van der Waals surface area contributed by atoms with Crippen LogP contribution in [0.2, 0.25) is 0 Å². The summed E-state index contributed by atoms with van der Waals surface area (Å²) in [6.45, 7) is 0.722. The summed E-state index contributed by atoms with van der Waals surface area (Å²) >= 11 is 0.516. The van der Waals surface area contributed by atoms with Gasteiger partial charge in [-0.05, 0) is 0 Å². The molecule has 2 rings (SSSR count). The molecule has 0 spiro atoms. The molecule has 0 aliphatic carbocycles. The zero-order valence-electron chi connectivity index (χ0n) is 9.00. The molecule has 0 saturated carbocycles. The fraction of sp³-hybridized carbons (Fsp3) is 0.143. The third kappa shape index (κ3) is 3.03. The summed E-state index contributed by atoms with van der Waals surface area (Å²) in [4.78, 5) is 0. The zero-order valence-corrected chi connectivity index (χ0v) is 10.6. The number of benzene rings is 2. The van der Waals surface area contributed by atoms with Gasteiger partial charge in [0.25, 0.3) is 0 Å². The Labute approximate surface area is 105 Å². The van der Waals surface area contributed by atoms with E-state index in [1.54, 1.807) is 0 Å². The number of hydrogen-bond donors (Lipinski definition) is 1. The first kappa shape index (κ1) is 11.5. The van der Waals surface area contributed by atoms with Gasteiger partial charge in [0.2, 0.25) is 0 Å². The van der Waals surface area contributed by atoms with E-state index in [1.165, 1.54) is 13.6 Å². The van der Waals surface area contributed by atoms with Crippen molar-refractivity contribution in [3.05, 3.63) is 60.2 Å². The van der Waals surface area contributed by atoms with Crippen LogP contribution in [0.25, 0.3) is 0 Å². The molecule has 0 atom stereocenters. The van der Waals surface area contributed by atoms with E-state index in [0.717, 1.165) is 13.0 Å². The predicted octanol–water partition coefficient (Wildman–Crippen LogP) is 1.22. The molecular formula is C14H15NPd. The Balaban J connectivity index is 2.21. The first-order valence-corrected chi connectivity index (χ1v) is 6.87. The van der Waals surface area contributed by atoms with E-state index in [-0.39, 0.29) is 0 Å². The van der Waals surface area contributed by atoms with Crippen molar-refractivity contribution in [1.82, 2.24) is 0 Å². The maximum atomic E-state index is 5.63. The maximum absolute atomic E-state index is 5.63. The summed E-state index contributed by atoms with van der Waals surface area (Å²) in [5, 5.41) is 0. The van der Waals surface area contributed by atoms with Crippen molar-refractivity contribution in [3.8, 4) is 0 Å². The van der Waals surface area contributed by atoms with E-state index in [4.69, 9.17) is 5.73 Å². The van der Waals surface area contributed by atoms with E-state index < -0.39 is 0 Å². The van der Waals surface area contributed by atoms with Crippen molar-refractivity contribution in [2.45, 2.75) is 6.42 Å². The molecule has 2 N–H and O–H groups in total. The Bertz CT molecular complexity index is 439. The van der Waals surface area contributed by atoms with Crippen molar-refractivity contribution < 1.29 is 18.0 Å². The van der Waals surface area contributed by atoms with Crippen LogP contribution in [-0.2, 0) is 24.4 Å². The average Bonchev–Trinajstić information content (AvgIpc) is 2.33. The van der Waals surface area contributed by atoms with Crippen LogP contribution < -0.4 is 13.8 Å². The van der Waals surface area contributed by atoms with Crippen LogP contribution in [0.5, 0.6) is 0 Å². The second-order valence-corrected chi connectivity index (χ2v) is 5.56. The molecule has 0 aromatic heterocycles. The van der Waals surface area contributed by atoms with Crippen molar-refractivity contribution in [3.63, 3.8) is 0 Å². The molecule has 16 heavy (non-hydrogen) atoms. The molecule has 0 unspecified atom stereocenters. The monoisotopic (exact) mass is 303 g/mol. The van der Waals surface area contributed by atoms with Crippen LogP contribution in [0, 0.1) is 0 Å². The first-order chi connectivity index (χ1) is 7.90. The van der Waals surface area contributed by atoms with Gasteiger partial charge in [0.05, 0.1) is 0 Å². The number of rotatable bonds is 4. The molecule has 2 aromatic carbocycles. The number of nitrogens with two attached hydrogens (primary N) is 1. The Kier molecular flexibility index (Phi) is 4.30. The zero-order chi connectivity index (χ0) is 11.2.